The topological polar surface area (TPSA) is 31.2 Å². The van der Waals surface area contributed by atoms with Gasteiger partial charge in [0.1, 0.15) is 0 Å². The van der Waals surface area contributed by atoms with E-state index in [1.54, 1.807) is 0 Å². The maximum Gasteiger partial charge on any atom is 0.422 e. The zero-order valence-corrected chi connectivity index (χ0v) is 12.5. The van der Waals surface area contributed by atoms with E-state index >= 15 is 0 Å². The molecule has 0 aromatic heterocycles. The van der Waals surface area contributed by atoms with Crippen molar-refractivity contribution >= 4 is 12.7 Å². The van der Waals surface area contributed by atoms with Crippen molar-refractivity contribution in [2.45, 2.75) is 52.4 Å². The lowest BCUT2D eigenvalue weighted by Crippen LogP contribution is -2.53. The smallest absolute Gasteiger partial charge is 0.289 e. The molecule has 1 atom stereocenters. The highest BCUT2D eigenvalue weighted by atomic mass is 15.7. The number of anilines is 1. The first-order valence-corrected chi connectivity index (χ1v) is 7.00. The summed E-state index contributed by atoms with van der Waals surface area (Å²) in [5.41, 5.74) is 1.07. The molecule has 0 aliphatic carbocycles. The second-order valence-corrected chi connectivity index (χ2v) is 6.17. The molecule has 0 N–H and O–H groups in total. The zero-order valence-electron chi connectivity index (χ0n) is 12.5. The van der Waals surface area contributed by atoms with Crippen molar-refractivity contribution < 1.29 is 0 Å². The van der Waals surface area contributed by atoms with Gasteiger partial charge in [0.25, 0.3) is 0 Å². The van der Waals surface area contributed by atoms with Gasteiger partial charge in [-0.25, -0.2) is 0 Å². The van der Waals surface area contributed by atoms with E-state index in [0.29, 0.717) is 5.82 Å². The number of hydrogen-bond donors (Lipinski definition) is 0. The second-order valence-electron chi connectivity index (χ2n) is 6.17. The molecule has 0 amide bonds. The van der Waals surface area contributed by atoms with E-state index in [2.05, 4.69) is 62.1 Å². The Morgan fingerprint density at radius 3 is 2.32 bits per heavy atom. The fourth-order valence-corrected chi connectivity index (χ4v) is 2.30. The van der Waals surface area contributed by atoms with E-state index < -0.39 is 0 Å². The maximum absolute atomic E-state index is 4.40. The van der Waals surface area contributed by atoms with Crippen LogP contribution < -0.4 is 4.92 Å². The van der Waals surface area contributed by atoms with E-state index in [-0.39, 0.29) is 12.5 Å². The number of benzene rings is 1. The van der Waals surface area contributed by atoms with Crippen LogP contribution in [0, 0.1) is 0 Å². The Labute approximate surface area is 116 Å². The summed E-state index contributed by atoms with van der Waals surface area (Å²) in [5, 5.41) is 8.79. The molecule has 19 heavy (non-hydrogen) atoms. The lowest BCUT2D eigenvalue weighted by Gasteiger charge is -2.36. The molecule has 2 rings (SSSR count). The minimum atomic E-state index is -0.0267. The van der Waals surface area contributed by atoms with Crippen LogP contribution in [0.25, 0.3) is 0 Å². The highest BCUT2D eigenvalue weighted by Crippen LogP contribution is 2.34. The van der Waals surface area contributed by atoms with Crippen LogP contribution in [0.4, 0.5) is 5.69 Å². The summed E-state index contributed by atoms with van der Waals surface area (Å²) in [6.45, 7) is 11.2. The van der Waals surface area contributed by atoms with Crippen molar-refractivity contribution in [2.24, 2.45) is 10.4 Å². The molecule has 1 aliphatic heterocycles. The van der Waals surface area contributed by atoms with Crippen LogP contribution in [0.2, 0.25) is 5.82 Å². The zero-order chi connectivity index (χ0) is 14.0. The number of nitrogens with zero attached hydrogens (tertiary/aromatic N) is 4. The summed E-state index contributed by atoms with van der Waals surface area (Å²) in [4.78, 5) is 4.16. The van der Waals surface area contributed by atoms with Crippen LogP contribution in [-0.4, -0.2) is 17.4 Å². The SMILES string of the molecule is CCC(C)B1N(c2ccccc2)N=NN1C(C)(C)C. The average molecular weight is 258 g/mol. The summed E-state index contributed by atoms with van der Waals surface area (Å²) in [6.07, 6.45) is 1.10. The van der Waals surface area contributed by atoms with Crippen molar-refractivity contribution in [1.82, 2.24) is 4.92 Å². The summed E-state index contributed by atoms with van der Waals surface area (Å²) in [5.74, 6) is 0.495. The fourth-order valence-electron chi connectivity index (χ4n) is 2.30. The summed E-state index contributed by atoms with van der Waals surface area (Å²) in [7, 11) is 0. The first kappa shape index (κ1) is 13.9. The van der Waals surface area contributed by atoms with Crippen molar-refractivity contribution in [3.8, 4) is 0 Å². The van der Waals surface area contributed by atoms with Gasteiger partial charge in [0.15, 0.2) is 0 Å². The molecule has 0 saturated heterocycles. The minimum Gasteiger partial charge on any atom is -0.289 e. The largest absolute Gasteiger partial charge is 0.422 e. The Kier molecular flexibility index (Phi) is 3.83. The molecule has 1 aromatic rings. The van der Waals surface area contributed by atoms with Gasteiger partial charge in [0, 0.05) is 11.2 Å². The van der Waals surface area contributed by atoms with E-state index in [0.717, 1.165) is 12.1 Å². The van der Waals surface area contributed by atoms with Gasteiger partial charge in [0.2, 0.25) is 0 Å². The van der Waals surface area contributed by atoms with Crippen molar-refractivity contribution in [2.75, 3.05) is 4.92 Å². The summed E-state index contributed by atoms with van der Waals surface area (Å²) < 4.78 is 0. The quantitative estimate of drug-likeness (QED) is 0.761. The third-order valence-electron chi connectivity index (χ3n) is 3.59. The second kappa shape index (κ2) is 5.23. The minimum absolute atomic E-state index is 0.0267. The fraction of sp³-hybridized carbons (Fsp3) is 0.571. The van der Waals surface area contributed by atoms with E-state index in [1.807, 2.05) is 23.1 Å². The Hall–Kier alpha value is -1.52. The lowest BCUT2D eigenvalue weighted by atomic mass is 9.59. The van der Waals surface area contributed by atoms with Crippen LogP contribution in [0.5, 0.6) is 0 Å². The van der Waals surface area contributed by atoms with Crippen LogP contribution in [-0.2, 0) is 0 Å². The Balaban J connectivity index is 2.33. The van der Waals surface area contributed by atoms with Crippen LogP contribution >= 0.6 is 0 Å². The van der Waals surface area contributed by atoms with Crippen LogP contribution in [0.15, 0.2) is 40.8 Å². The maximum atomic E-state index is 4.40. The number of rotatable bonds is 3. The van der Waals surface area contributed by atoms with Crippen molar-refractivity contribution in [3.63, 3.8) is 0 Å². The number of hydrogen-bond acceptors (Lipinski definition) is 4. The summed E-state index contributed by atoms with van der Waals surface area (Å²) >= 11 is 0. The molecule has 4 nitrogen and oxygen atoms in total. The van der Waals surface area contributed by atoms with Gasteiger partial charge in [-0.05, 0) is 38.7 Å². The van der Waals surface area contributed by atoms with Crippen molar-refractivity contribution in [3.05, 3.63) is 30.3 Å². The molecule has 0 fully saturated rings. The van der Waals surface area contributed by atoms with Crippen LogP contribution in [0.3, 0.4) is 0 Å². The van der Waals surface area contributed by atoms with Gasteiger partial charge in [-0.3, -0.25) is 9.84 Å². The molecule has 1 aliphatic rings. The molecule has 0 spiro atoms. The van der Waals surface area contributed by atoms with Gasteiger partial charge in [-0.1, -0.05) is 48.9 Å². The van der Waals surface area contributed by atoms with Gasteiger partial charge in [-0.2, -0.15) is 0 Å². The third-order valence-corrected chi connectivity index (χ3v) is 3.59. The number of para-hydroxylation sites is 1. The molecular weight excluding hydrogens is 235 g/mol. The standard InChI is InChI=1S/C14H23BN4/c1-6-12(2)15-18(13-10-8-7-9-11-13)16-17-19(15)14(3,4)5/h7-12H,6H2,1-5H3. The average Bonchev–Trinajstić information content (AvgIpc) is 2.83. The predicted molar refractivity (Wildman–Crippen MR) is 80.8 cm³/mol. The highest BCUT2D eigenvalue weighted by molar-refractivity contribution is 6.62. The van der Waals surface area contributed by atoms with E-state index in [4.69, 9.17) is 0 Å². The van der Waals surface area contributed by atoms with Gasteiger partial charge < -0.3 is 0 Å². The molecule has 5 heteroatoms. The Bertz CT molecular complexity index is 441. The van der Waals surface area contributed by atoms with Gasteiger partial charge >= 0.3 is 6.98 Å². The highest BCUT2D eigenvalue weighted by Gasteiger charge is 2.45. The Morgan fingerprint density at radius 2 is 1.79 bits per heavy atom. The molecule has 0 saturated carbocycles. The van der Waals surface area contributed by atoms with Crippen molar-refractivity contribution in [1.29, 1.82) is 0 Å². The molecule has 1 aromatic carbocycles. The van der Waals surface area contributed by atoms with Crippen LogP contribution in [0.1, 0.15) is 41.0 Å². The first-order valence-electron chi connectivity index (χ1n) is 7.00. The lowest BCUT2D eigenvalue weighted by molar-refractivity contribution is 0.250. The van der Waals surface area contributed by atoms with Gasteiger partial charge in [-0.15, -0.1) is 0 Å². The molecule has 0 bridgehead atoms. The molecule has 102 valence electrons. The van der Waals surface area contributed by atoms with E-state index in [9.17, 15) is 0 Å². The molecular formula is C14H23BN4. The van der Waals surface area contributed by atoms with Gasteiger partial charge in [0.05, 0.1) is 0 Å². The molecule has 1 unspecified atom stereocenters. The summed E-state index contributed by atoms with van der Waals surface area (Å²) in [6, 6.07) is 10.3. The third kappa shape index (κ3) is 2.75. The molecule has 1 heterocycles. The predicted octanol–water partition coefficient (Wildman–Crippen LogP) is 4.18. The Morgan fingerprint density at radius 1 is 1.16 bits per heavy atom. The first-order chi connectivity index (χ1) is 8.95. The van der Waals surface area contributed by atoms with E-state index in [1.165, 1.54) is 0 Å². The monoisotopic (exact) mass is 258 g/mol. The molecule has 0 radical (unpaired) electrons. The normalized spacial score (nSPS) is 17.2.